The van der Waals surface area contributed by atoms with Gasteiger partial charge < -0.3 is 10.4 Å². The Morgan fingerprint density at radius 1 is 1.00 bits per heavy atom. The monoisotopic (exact) mass is 265 g/mol. The van der Waals surface area contributed by atoms with Crippen LogP contribution in [0.5, 0.6) is 0 Å². The molecule has 4 aliphatic rings. The van der Waals surface area contributed by atoms with Crippen molar-refractivity contribution in [1.29, 1.82) is 0 Å². The van der Waals surface area contributed by atoms with Crippen LogP contribution < -0.4 is 5.32 Å². The Kier molecular flexibility index (Phi) is 3.68. The van der Waals surface area contributed by atoms with E-state index in [4.69, 9.17) is 0 Å². The van der Waals surface area contributed by atoms with Crippen LogP contribution in [0, 0.1) is 29.1 Å². The minimum absolute atomic E-state index is 0.247. The predicted molar refractivity (Wildman–Crippen MR) is 78.9 cm³/mol. The Morgan fingerprint density at radius 3 is 1.95 bits per heavy atom. The maximum absolute atomic E-state index is 9.34. The summed E-state index contributed by atoms with van der Waals surface area (Å²) in [7, 11) is 0. The molecule has 19 heavy (non-hydrogen) atoms. The molecule has 2 heteroatoms. The maximum atomic E-state index is 9.34. The van der Waals surface area contributed by atoms with E-state index in [9.17, 15) is 5.11 Å². The van der Waals surface area contributed by atoms with Gasteiger partial charge in [0.25, 0.3) is 0 Å². The molecule has 1 unspecified atom stereocenters. The van der Waals surface area contributed by atoms with E-state index in [1.807, 2.05) is 0 Å². The molecule has 0 radical (unpaired) electrons. The molecular formula is C17H31NO. The van der Waals surface area contributed by atoms with Crippen molar-refractivity contribution >= 4 is 0 Å². The Balaban J connectivity index is 1.68. The number of hydrogen-bond acceptors (Lipinski definition) is 2. The Morgan fingerprint density at radius 2 is 1.53 bits per heavy atom. The van der Waals surface area contributed by atoms with Crippen LogP contribution in [0.3, 0.4) is 0 Å². The normalized spacial score (nSPS) is 42.6. The van der Waals surface area contributed by atoms with Gasteiger partial charge in [-0.1, -0.05) is 20.8 Å². The smallest absolute Gasteiger partial charge is 0.0446 e. The standard InChI is InChI=1S/C17H31NO/c1-17(2,3)15(4-5-19)18-16-13-7-11-6-12(9-13)10-14(16)8-11/h11-16,18-19H,4-10H2,1-3H3. The van der Waals surface area contributed by atoms with Gasteiger partial charge in [0, 0.05) is 18.7 Å². The zero-order valence-corrected chi connectivity index (χ0v) is 12.9. The molecule has 4 fully saturated rings. The Bertz CT molecular complexity index is 292. The van der Waals surface area contributed by atoms with Crippen molar-refractivity contribution in [3.8, 4) is 0 Å². The fourth-order valence-electron chi connectivity index (χ4n) is 5.33. The lowest BCUT2D eigenvalue weighted by Crippen LogP contribution is -2.58. The molecule has 0 spiro atoms. The summed E-state index contributed by atoms with van der Waals surface area (Å²) in [6.45, 7) is 7.21. The fraction of sp³-hybridized carbons (Fsp3) is 1.00. The number of hydrogen-bond donors (Lipinski definition) is 2. The fourth-order valence-corrected chi connectivity index (χ4v) is 5.33. The van der Waals surface area contributed by atoms with E-state index >= 15 is 0 Å². The van der Waals surface area contributed by atoms with Crippen LogP contribution in [0.1, 0.15) is 59.3 Å². The molecule has 0 aromatic heterocycles. The second-order valence-electron chi connectivity index (χ2n) is 8.55. The van der Waals surface area contributed by atoms with E-state index in [1.165, 1.54) is 32.1 Å². The molecule has 0 aromatic carbocycles. The van der Waals surface area contributed by atoms with Crippen LogP contribution in [0.15, 0.2) is 0 Å². The van der Waals surface area contributed by atoms with Gasteiger partial charge in [-0.15, -0.1) is 0 Å². The van der Waals surface area contributed by atoms with Gasteiger partial charge in [-0.05, 0) is 67.6 Å². The highest BCUT2D eigenvalue weighted by Crippen LogP contribution is 2.54. The number of nitrogens with one attached hydrogen (secondary N) is 1. The summed E-state index contributed by atoms with van der Waals surface area (Å²) in [6.07, 6.45) is 8.31. The molecule has 4 aliphatic carbocycles. The molecule has 110 valence electrons. The number of rotatable bonds is 4. The third-order valence-corrected chi connectivity index (χ3v) is 6.08. The van der Waals surface area contributed by atoms with E-state index in [0.29, 0.717) is 12.6 Å². The zero-order chi connectivity index (χ0) is 13.6. The minimum Gasteiger partial charge on any atom is -0.396 e. The highest BCUT2D eigenvalue weighted by molar-refractivity contribution is 5.02. The van der Waals surface area contributed by atoms with Crippen molar-refractivity contribution in [1.82, 2.24) is 5.32 Å². The van der Waals surface area contributed by atoms with Crippen LogP contribution in [-0.2, 0) is 0 Å². The molecule has 2 N–H and O–H groups in total. The van der Waals surface area contributed by atoms with Crippen molar-refractivity contribution in [2.75, 3.05) is 6.61 Å². The molecule has 4 bridgehead atoms. The molecule has 1 atom stereocenters. The molecule has 0 aromatic rings. The van der Waals surface area contributed by atoms with E-state index in [-0.39, 0.29) is 5.41 Å². The van der Waals surface area contributed by atoms with Gasteiger partial charge in [-0.25, -0.2) is 0 Å². The third-order valence-electron chi connectivity index (χ3n) is 6.08. The molecule has 0 heterocycles. The molecule has 0 aliphatic heterocycles. The van der Waals surface area contributed by atoms with Gasteiger partial charge in [0.1, 0.15) is 0 Å². The molecule has 4 saturated carbocycles. The lowest BCUT2D eigenvalue weighted by molar-refractivity contribution is -0.0244. The van der Waals surface area contributed by atoms with E-state index in [1.54, 1.807) is 0 Å². The molecule has 2 nitrogen and oxygen atoms in total. The van der Waals surface area contributed by atoms with Gasteiger partial charge in [-0.2, -0.15) is 0 Å². The summed E-state index contributed by atoms with van der Waals surface area (Å²) in [5, 5.41) is 13.3. The summed E-state index contributed by atoms with van der Waals surface area (Å²) in [5.41, 5.74) is 0.247. The summed E-state index contributed by atoms with van der Waals surface area (Å²) < 4.78 is 0. The summed E-state index contributed by atoms with van der Waals surface area (Å²) in [4.78, 5) is 0. The van der Waals surface area contributed by atoms with Gasteiger partial charge in [-0.3, -0.25) is 0 Å². The second kappa shape index (κ2) is 5.04. The Hall–Kier alpha value is -0.0800. The van der Waals surface area contributed by atoms with Crippen LogP contribution in [0.4, 0.5) is 0 Å². The van der Waals surface area contributed by atoms with Crippen molar-refractivity contribution < 1.29 is 5.11 Å². The van der Waals surface area contributed by atoms with Crippen molar-refractivity contribution in [3.63, 3.8) is 0 Å². The van der Waals surface area contributed by atoms with Gasteiger partial charge in [0.15, 0.2) is 0 Å². The minimum atomic E-state index is 0.247. The van der Waals surface area contributed by atoms with Gasteiger partial charge >= 0.3 is 0 Å². The largest absolute Gasteiger partial charge is 0.396 e. The van der Waals surface area contributed by atoms with Crippen LogP contribution in [0.2, 0.25) is 0 Å². The SMILES string of the molecule is CC(C)(C)C(CCO)NC1C2CC3CC(C2)CC1C3. The van der Waals surface area contributed by atoms with Crippen molar-refractivity contribution in [2.45, 2.75) is 71.4 Å². The van der Waals surface area contributed by atoms with Gasteiger partial charge in [0.2, 0.25) is 0 Å². The van der Waals surface area contributed by atoms with Crippen LogP contribution in [-0.4, -0.2) is 23.8 Å². The lowest BCUT2D eigenvalue weighted by atomic mass is 9.54. The van der Waals surface area contributed by atoms with Crippen LogP contribution in [0.25, 0.3) is 0 Å². The molecule has 4 rings (SSSR count). The highest BCUT2D eigenvalue weighted by atomic mass is 16.3. The number of aliphatic hydroxyl groups is 1. The first-order valence-corrected chi connectivity index (χ1v) is 8.34. The zero-order valence-electron chi connectivity index (χ0n) is 12.9. The third kappa shape index (κ3) is 2.71. The summed E-state index contributed by atoms with van der Waals surface area (Å²) in [5.74, 6) is 3.96. The first-order valence-electron chi connectivity index (χ1n) is 8.34. The average molecular weight is 265 g/mol. The first-order chi connectivity index (χ1) is 8.97. The maximum Gasteiger partial charge on any atom is 0.0446 e. The van der Waals surface area contributed by atoms with E-state index < -0.39 is 0 Å². The van der Waals surface area contributed by atoms with Crippen molar-refractivity contribution in [3.05, 3.63) is 0 Å². The average Bonchev–Trinajstić information content (AvgIpc) is 2.30. The molecule has 0 amide bonds. The summed E-state index contributed by atoms with van der Waals surface area (Å²) >= 11 is 0. The Labute approximate surface area is 118 Å². The van der Waals surface area contributed by atoms with Gasteiger partial charge in [0.05, 0.1) is 0 Å². The second-order valence-corrected chi connectivity index (χ2v) is 8.55. The quantitative estimate of drug-likeness (QED) is 0.818. The predicted octanol–water partition coefficient (Wildman–Crippen LogP) is 3.20. The highest BCUT2D eigenvalue weighted by Gasteiger charge is 2.48. The van der Waals surface area contributed by atoms with E-state index in [2.05, 4.69) is 26.1 Å². The van der Waals surface area contributed by atoms with Crippen molar-refractivity contribution in [2.24, 2.45) is 29.1 Å². The molecule has 0 saturated heterocycles. The summed E-state index contributed by atoms with van der Waals surface area (Å²) in [6, 6.07) is 1.20. The lowest BCUT2D eigenvalue weighted by Gasteiger charge is -2.56. The van der Waals surface area contributed by atoms with E-state index in [0.717, 1.165) is 36.1 Å². The number of aliphatic hydroxyl groups excluding tert-OH is 1. The molecular weight excluding hydrogens is 234 g/mol. The first kappa shape index (κ1) is 13.9. The topological polar surface area (TPSA) is 32.3 Å². The van der Waals surface area contributed by atoms with Crippen LogP contribution >= 0.6 is 0 Å².